The van der Waals surface area contributed by atoms with Gasteiger partial charge < -0.3 is 10.2 Å². The van der Waals surface area contributed by atoms with Gasteiger partial charge in [-0.2, -0.15) is 0 Å². The summed E-state index contributed by atoms with van der Waals surface area (Å²) in [6.45, 7) is 10.2. The van der Waals surface area contributed by atoms with E-state index in [0.717, 1.165) is 19.5 Å². The van der Waals surface area contributed by atoms with Crippen molar-refractivity contribution in [3.8, 4) is 0 Å². The number of aryl methyl sites for hydroxylation is 2. The third-order valence-corrected chi connectivity index (χ3v) is 3.66. The molecule has 2 heteroatoms. The van der Waals surface area contributed by atoms with Gasteiger partial charge in [0.2, 0.25) is 0 Å². The van der Waals surface area contributed by atoms with Gasteiger partial charge in [-0.3, -0.25) is 0 Å². The summed E-state index contributed by atoms with van der Waals surface area (Å²) in [5.41, 5.74) is 4.06. The zero-order valence-corrected chi connectivity index (χ0v) is 11.6. The molecule has 1 aliphatic rings. The number of rotatable bonds is 4. The SMILES string of the molecule is Cc1ccc(/C=C/CCN2CCNCC2)cc1C. The Bertz CT molecular complexity index is 404. The van der Waals surface area contributed by atoms with E-state index < -0.39 is 0 Å². The van der Waals surface area contributed by atoms with Gasteiger partial charge in [-0.05, 0) is 37.0 Å². The Morgan fingerprint density at radius 1 is 1.17 bits per heavy atom. The summed E-state index contributed by atoms with van der Waals surface area (Å²) in [5, 5.41) is 3.38. The van der Waals surface area contributed by atoms with E-state index in [1.54, 1.807) is 0 Å². The normalized spacial score (nSPS) is 17.4. The van der Waals surface area contributed by atoms with E-state index in [1.165, 1.54) is 36.3 Å². The quantitative estimate of drug-likeness (QED) is 0.876. The van der Waals surface area contributed by atoms with E-state index in [9.17, 15) is 0 Å². The highest BCUT2D eigenvalue weighted by atomic mass is 15.2. The van der Waals surface area contributed by atoms with E-state index >= 15 is 0 Å². The molecule has 1 N–H and O–H groups in total. The Hall–Kier alpha value is -1.12. The van der Waals surface area contributed by atoms with Crippen LogP contribution in [0.1, 0.15) is 23.1 Å². The van der Waals surface area contributed by atoms with Crippen molar-refractivity contribution in [2.24, 2.45) is 0 Å². The van der Waals surface area contributed by atoms with Gasteiger partial charge in [-0.25, -0.2) is 0 Å². The first kappa shape index (κ1) is 13.3. The molecule has 1 aromatic rings. The summed E-state index contributed by atoms with van der Waals surface area (Å²) in [4.78, 5) is 2.53. The molecule has 2 nitrogen and oxygen atoms in total. The lowest BCUT2D eigenvalue weighted by molar-refractivity contribution is 0.245. The third kappa shape index (κ3) is 3.97. The molecule has 0 atom stereocenters. The van der Waals surface area contributed by atoms with Crippen LogP contribution in [0.15, 0.2) is 24.3 Å². The number of piperazine rings is 1. The summed E-state index contributed by atoms with van der Waals surface area (Å²) in [6.07, 6.45) is 5.69. The first-order valence-electron chi connectivity index (χ1n) is 6.92. The predicted molar refractivity (Wildman–Crippen MR) is 78.9 cm³/mol. The minimum Gasteiger partial charge on any atom is -0.314 e. The molecule has 0 aromatic heterocycles. The van der Waals surface area contributed by atoms with Crippen molar-refractivity contribution in [1.29, 1.82) is 0 Å². The Labute approximate surface area is 111 Å². The van der Waals surface area contributed by atoms with Crippen molar-refractivity contribution in [2.75, 3.05) is 32.7 Å². The molecule has 1 aromatic carbocycles. The molecular formula is C16H24N2. The Balaban J connectivity index is 1.78. The zero-order valence-electron chi connectivity index (χ0n) is 11.6. The molecule has 1 saturated heterocycles. The molecule has 1 aliphatic heterocycles. The molecule has 0 unspecified atom stereocenters. The van der Waals surface area contributed by atoms with Crippen molar-refractivity contribution >= 4 is 6.08 Å². The van der Waals surface area contributed by atoms with Crippen molar-refractivity contribution in [2.45, 2.75) is 20.3 Å². The summed E-state index contributed by atoms with van der Waals surface area (Å²) in [5.74, 6) is 0. The van der Waals surface area contributed by atoms with Gasteiger partial charge >= 0.3 is 0 Å². The number of benzene rings is 1. The van der Waals surface area contributed by atoms with Gasteiger partial charge in [-0.1, -0.05) is 30.4 Å². The van der Waals surface area contributed by atoms with Gasteiger partial charge in [0.05, 0.1) is 0 Å². The van der Waals surface area contributed by atoms with Crippen LogP contribution in [0.2, 0.25) is 0 Å². The van der Waals surface area contributed by atoms with Gasteiger partial charge in [-0.15, -0.1) is 0 Å². The molecule has 0 bridgehead atoms. The smallest absolute Gasteiger partial charge is 0.0107 e. The maximum Gasteiger partial charge on any atom is 0.0107 e. The van der Waals surface area contributed by atoms with Gasteiger partial charge in [0, 0.05) is 32.7 Å². The van der Waals surface area contributed by atoms with E-state index in [1.807, 2.05) is 0 Å². The minimum atomic E-state index is 1.14. The average Bonchev–Trinajstić information content (AvgIpc) is 2.40. The van der Waals surface area contributed by atoms with Crippen molar-refractivity contribution in [3.05, 3.63) is 41.0 Å². The molecule has 1 fully saturated rings. The first-order valence-corrected chi connectivity index (χ1v) is 6.92. The molecule has 0 aliphatic carbocycles. The van der Waals surface area contributed by atoms with Crippen molar-refractivity contribution < 1.29 is 0 Å². The Morgan fingerprint density at radius 2 is 1.94 bits per heavy atom. The number of hydrogen-bond donors (Lipinski definition) is 1. The highest BCUT2D eigenvalue weighted by Gasteiger charge is 2.07. The fourth-order valence-electron chi connectivity index (χ4n) is 2.28. The van der Waals surface area contributed by atoms with E-state index in [0.29, 0.717) is 0 Å². The summed E-state index contributed by atoms with van der Waals surface area (Å²) in [7, 11) is 0. The summed E-state index contributed by atoms with van der Waals surface area (Å²) in [6, 6.07) is 6.66. The fraction of sp³-hybridized carbons (Fsp3) is 0.500. The molecule has 2 rings (SSSR count). The van der Waals surface area contributed by atoms with Gasteiger partial charge in [0.25, 0.3) is 0 Å². The maximum atomic E-state index is 3.38. The largest absolute Gasteiger partial charge is 0.314 e. The van der Waals surface area contributed by atoms with Crippen LogP contribution in [-0.4, -0.2) is 37.6 Å². The van der Waals surface area contributed by atoms with Crippen LogP contribution in [-0.2, 0) is 0 Å². The minimum absolute atomic E-state index is 1.14. The van der Waals surface area contributed by atoms with Crippen LogP contribution >= 0.6 is 0 Å². The monoisotopic (exact) mass is 244 g/mol. The molecule has 1 heterocycles. The molecule has 18 heavy (non-hydrogen) atoms. The lowest BCUT2D eigenvalue weighted by Gasteiger charge is -2.26. The number of nitrogens with zero attached hydrogens (tertiary/aromatic N) is 1. The second-order valence-corrected chi connectivity index (χ2v) is 5.13. The van der Waals surface area contributed by atoms with Crippen molar-refractivity contribution in [1.82, 2.24) is 10.2 Å². The second kappa shape index (κ2) is 6.72. The highest BCUT2D eigenvalue weighted by Crippen LogP contribution is 2.11. The lowest BCUT2D eigenvalue weighted by atomic mass is 10.1. The van der Waals surface area contributed by atoms with Gasteiger partial charge in [0.1, 0.15) is 0 Å². The number of hydrogen-bond acceptors (Lipinski definition) is 2. The third-order valence-electron chi connectivity index (χ3n) is 3.66. The van der Waals surface area contributed by atoms with E-state index in [4.69, 9.17) is 0 Å². The highest BCUT2D eigenvalue weighted by molar-refractivity contribution is 5.51. The van der Waals surface area contributed by atoms with Crippen LogP contribution in [0.3, 0.4) is 0 Å². The van der Waals surface area contributed by atoms with Crippen LogP contribution < -0.4 is 5.32 Å². The van der Waals surface area contributed by atoms with Crippen LogP contribution in [0, 0.1) is 13.8 Å². The molecule has 98 valence electrons. The molecule has 0 spiro atoms. The maximum absolute atomic E-state index is 3.38. The molecule has 0 radical (unpaired) electrons. The van der Waals surface area contributed by atoms with Crippen molar-refractivity contribution in [3.63, 3.8) is 0 Å². The van der Waals surface area contributed by atoms with Gasteiger partial charge in [0.15, 0.2) is 0 Å². The molecular weight excluding hydrogens is 220 g/mol. The van der Waals surface area contributed by atoms with Crippen LogP contribution in [0.4, 0.5) is 0 Å². The summed E-state index contributed by atoms with van der Waals surface area (Å²) >= 11 is 0. The molecule has 0 amide bonds. The topological polar surface area (TPSA) is 15.3 Å². The number of nitrogens with one attached hydrogen (secondary N) is 1. The Morgan fingerprint density at radius 3 is 2.67 bits per heavy atom. The Kier molecular flexibility index (Phi) is 4.97. The van der Waals surface area contributed by atoms with E-state index in [-0.39, 0.29) is 0 Å². The predicted octanol–water partition coefficient (Wildman–Crippen LogP) is 2.61. The second-order valence-electron chi connectivity index (χ2n) is 5.13. The standard InChI is InChI=1S/C16H24N2/c1-14-6-7-16(13-15(14)2)5-3-4-10-18-11-8-17-9-12-18/h3,5-7,13,17H,4,8-12H2,1-2H3/b5-3+. The first-order chi connectivity index (χ1) is 8.75. The zero-order chi connectivity index (χ0) is 12.8. The lowest BCUT2D eigenvalue weighted by Crippen LogP contribution is -2.43. The fourth-order valence-corrected chi connectivity index (χ4v) is 2.28. The van der Waals surface area contributed by atoms with Crippen LogP contribution in [0.5, 0.6) is 0 Å². The molecule has 0 saturated carbocycles. The van der Waals surface area contributed by atoms with Crippen LogP contribution in [0.25, 0.3) is 6.08 Å². The summed E-state index contributed by atoms with van der Waals surface area (Å²) < 4.78 is 0. The average molecular weight is 244 g/mol. The van der Waals surface area contributed by atoms with E-state index in [2.05, 4.69) is 54.4 Å².